The molecule has 3 atom stereocenters. The Morgan fingerprint density at radius 3 is 2.29 bits per heavy atom. The van der Waals surface area contributed by atoms with Gasteiger partial charge in [-0.3, -0.25) is 9.97 Å². The van der Waals surface area contributed by atoms with E-state index in [1.807, 2.05) is 0 Å². The normalized spacial score (nSPS) is 14.8. The van der Waals surface area contributed by atoms with Gasteiger partial charge in [0.1, 0.15) is 6.10 Å². The molecule has 0 fully saturated rings. The molecule has 0 amide bonds. The van der Waals surface area contributed by atoms with Gasteiger partial charge in [0.05, 0.1) is 36.4 Å². The molecular weight excluding hydrogens is 280 g/mol. The molecule has 0 aliphatic heterocycles. The van der Waals surface area contributed by atoms with Gasteiger partial charge in [0.2, 0.25) is 0 Å². The molecule has 8 heteroatoms. The van der Waals surface area contributed by atoms with E-state index < -0.39 is 18.3 Å². The first kappa shape index (κ1) is 19.8. The van der Waals surface area contributed by atoms with Gasteiger partial charge in [-0.2, -0.15) is 0 Å². The number of hydrogen-bond donors (Lipinski definition) is 6. The average molecular weight is 304 g/mol. The van der Waals surface area contributed by atoms with Crippen LogP contribution in [0.1, 0.15) is 30.3 Å². The van der Waals surface area contributed by atoms with Crippen LogP contribution in [0.2, 0.25) is 0 Å². The lowest BCUT2D eigenvalue weighted by Crippen LogP contribution is -2.21. The molecule has 0 saturated heterocycles. The predicted molar refractivity (Wildman–Crippen MR) is 74.3 cm³/mol. The number of aryl methyl sites for hydroxylation is 1. The Labute approximate surface area is 123 Å². The lowest BCUT2D eigenvalue weighted by Gasteiger charge is -2.16. The molecule has 0 saturated carbocycles. The topological polar surface area (TPSA) is 147 Å². The number of aliphatic hydroxyl groups excluding tert-OH is 6. The summed E-state index contributed by atoms with van der Waals surface area (Å²) < 4.78 is 0. The average Bonchev–Trinajstić information content (AvgIpc) is 2.54. The molecule has 3 unspecified atom stereocenters. The van der Waals surface area contributed by atoms with Crippen molar-refractivity contribution in [3.63, 3.8) is 0 Å². The summed E-state index contributed by atoms with van der Waals surface area (Å²) in [5.74, 6) is 0. The zero-order chi connectivity index (χ0) is 16.3. The van der Waals surface area contributed by atoms with Crippen molar-refractivity contribution in [3.05, 3.63) is 23.8 Å². The monoisotopic (exact) mass is 304 g/mol. The Balaban J connectivity index is 0.00000191. The van der Waals surface area contributed by atoms with Crippen molar-refractivity contribution in [2.45, 2.75) is 37.6 Å². The highest BCUT2D eigenvalue weighted by Gasteiger charge is 2.19. The zero-order valence-corrected chi connectivity index (χ0v) is 12.0. The van der Waals surface area contributed by atoms with E-state index in [0.717, 1.165) is 7.11 Å². The van der Waals surface area contributed by atoms with Crippen LogP contribution in [-0.2, 0) is 6.42 Å². The van der Waals surface area contributed by atoms with Gasteiger partial charge in [0.25, 0.3) is 0 Å². The summed E-state index contributed by atoms with van der Waals surface area (Å²) in [7, 11) is 1.00. The van der Waals surface area contributed by atoms with Crippen molar-refractivity contribution < 1.29 is 30.6 Å². The van der Waals surface area contributed by atoms with Gasteiger partial charge in [0, 0.05) is 19.9 Å². The smallest absolute Gasteiger partial charge is 0.123 e. The number of rotatable bonds is 8. The van der Waals surface area contributed by atoms with E-state index in [4.69, 9.17) is 15.3 Å². The van der Waals surface area contributed by atoms with Crippen molar-refractivity contribution in [2.24, 2.45) is 0 Å². The highest BCUT2D eigenvalue weighted by Crippen LogP contribution is 2.16. The molecule has 1 aromatic rings. The highest BCUT2D eigenvalue weighted by atomic mass is 16.3. The van der Waals surface area contributed by atoms with Gasteiger partial charge >= 0.3 is 0 Å². The van der Waals surface area contributed by atoms with Crippen molar-refractivity contribution >= 4 is 0 Å². The van der Waals surface area contributed by atoms with Gasteiger partial charge in [-0.1, -0.05) is 0 Å². The molecule has 1 rings (SSSR count). The third-order valence-electron chi connectivity index (χ3n) is 2.74. The Kier molecular flexibility index (Phi) is 10.9. The van der Waals surface area contributed by atoms with Crippen molar-refractivity contribution in [3.8, 4) is 0 Å². The summed E-state index contributed by atoms with van der Waals surface area (Å²) in [4.78, 5) is 8.05. The maximum Gasteiger partial charge on any atom is 0.123 e. The van der Waals surface area contributed by atoms with Crippen LogP contribution in [0, 0.1) is 0 Å². The van der Waals surface area contributed by atoms with Gasteiger partial charge in [0.15, 0.2) is 0 Å². The van der Waals surface area contributed by atoms with Crippen LogP contribution in [0.5, 0.6) is 0 Å². The molecule has 1 heterocycles. The molecule has 122 valence electrons. The molecule has 0 spiro atoms. The van der Waals surface area contributed by atoms with E-state index in [1.165, 1.54) is 12.4 Å². The van der Waals surface area contributed by atoms with E-state index in [1.54, 1.807) is 0 Å². The number of nitrogens with zero attached hydrogens (tertiary/aromatic N) is 2. The molecular formula is C13H24N2O6. The maximum atomic E-state index is 9.82. The standard InChI is InChI=1S/C12H20N2O5.CH4O/c15-4-3-11(18)12(19)10-6-13-5-8(14-10)1-2-9(17)7-16;1-2/h5-6,9,11-12,15-19H,1-4,7H2;2H,1H3. The highest BCUT2D eigenvalue weighted by molar-refractivity contribution is 5.07. The first-order valence-corrected chi connectivity index (χ1v) is 6.60. The maximum absolute atomic E-state index is 9.82. The summed E-state index contributed by atoms with van der Waals surface area (Å²) in [6, 6.07) is 0. The fourth-order valence-electron chi connectivity index (χ4n) is 1.58. The Hall–Kier alpha value is -1.16. The van der Waals surface area contributed by atoms with Crippen LogP contribution in [0.25, 0.3) is 0 Å². The van der Waals surface area contributed by atoms with Gasteiger partial charge in [-0.05, 0) is 19.3 Å². The molecule has 8 nitrogen and oxygen atoms in total. The van der Waals surface area contributed by atoms with Crippen LogP contribution >= 0.6 is 0 Å². The van der Waals surface area contributed by atoms with E-state index in [9.17, 15) is 15.3 Å². The van der Waals surface area contributed by atoms with Crippen LogP contribution in [0.3, 0.4) is 0 Å². The zero-order valence-electron chi connectivity index (χ0n) is 12.0. The van der Waals surface area contributed by atoms with E-state index in [-0.39, 0.29) is 25.3 Å². The van der Waals surface area contributed by atoms with Gasteiger partial charge in [-0.15, -0.1) is 0 Å². The SMILES string of the molecule is CO.OCCC(O)C(O)c1cncc(CCC(O)CO)n1. The minimum Gasteiger partial charge on any atom is -0.400 e. The summed E-state index contributed by atoms with van der Waals surface area (Å²) in [5.41, 5.74) is 0.775. The minimum atomic E-state index is -1.21. The minimum absolute atomic E-state index is 0.0519. The predicted octanol–water partition coefficient (Wildman–Crippen LogP) is -1.85. The molecule has 0 aliphatic rings. The second-order valence-electron chi connectivity index (χ2n) is 4.33. The fraction of sp³-hybridized carbons (Fsp3) is 0.692. The first-order chi connectivity index (χ1) is 10.1. The summed E-state index contributed by atoms with van der Waals surface area (Å²) in [6.45, 7) is -0.543. The number of hydrogen-bond acceptors (Lipinski definition) is 8. The molecule has 0 aliphatic carbocycles. The second-order valence-corrected chi connectivity index (χ2v) is 4.33. The molecule has 6 N–H and O–H groups in total. The largest absolute Gasteiger partial charge is 0.400 e. The summed E-state index contributed by atoms with van der Waals surface area (Å²) >= 11 is 0. The fourth-order valence-corrected chi connectivity index (χ4v) is 1.58. The van der Waals surface area contributed by atoms with E-state index in [2.05, 4.69) is 9.97 Å². The summed E-state index contributed by atoms with van der Waals surface area (Å²) in [6.07, 6.45) is 0.525. The van der Waals surface area contributed by atoms with Gasteiger partial charge in [-0.25, -0.2) is 0 Å². The summed E-state index contributed by atoms with van der Waals surface area (Å²) in [5, 5.41) is 53.0. The van der Waals surface area contributed by atoms with Gasteiger partial charge < -0.3 is 30.6 Å². The van der Waals surface area contributed by atoms with Crippen LogP contribution < -0.4 is 0 Å². The lowest BCUT2D eigenvalue weighted by molar-refractivity contribution is 0.00159. The third kappa shape index (κ3) is 7.42. The second kappa shape index (κ2) is 11.5. The number of aliphatic hydroxyl groups is 6. The third-order valence-corrected chi connectivity index (χ3v) is 2.74. The Morgan fingerprint density at radius 1 is 1.05 bits per heavy atom. The van der Waals surface area contributed by atoms with Crippen LogP contribution in [0.15, 0.2) is 12.4 Å². The molecule has 0 radical (unpaired) electrons. The van der Waals surface area contributed by atoms with Crippen molar-refractivity contribution in [1.82, 2.24) is 9.97 Å². The lowest BCUT2D eigenvalue weighted by atomic mass is 10.1. The molecule has 21 heavy (non-hydrogen) atoms. The molecule has 0 bridgehead atoms. The Bertz CT molecular complexity index is 379. The van der Waals surface area contributed by atoms with Crippen molar-refractivity contribution in [1.29, 1.82) is 0 Å². The van der Waals surface area contributed by atoms with Crippen LogP contribution in [0.4, 0.5) is 0 Å². The first-order valence-electron chi connectivity index (χ1n) is 6.60. The molecule has 0 aromatic carbocycles. The number of aromatic nitrogens is 2. The molecule has 1 aromatic heterocycles. The van der Waals surface area contributed by atoms with E-state index in [0.29, 0.717) is 18.5 Å². The Morgan fingerprint density at radius 2 is 1.71 bits per heavy atom. The van der Waals surface area contributed by atoms with Crippen LogP contribution in [-0.4, -0.2) is 73.1 Å². The van der Waals surface area contributed by atoms with Crippen molar-refractivity contribution in [2.75, 3.05) is 20.3 Å². The quantitative estimate of drug-likeness (QED) is 0.328. The van der Waals surface area contributed by atoms with E-state index >= 15 is 0 Å².